The Labute approximate surface area is 77.5 Å². The highest BCUT2D eigenvalue weighted by Crippen LogP contribution is 2.07. The highest BCUT2D eigenvalue weighted by atomic mass is 32.1. The second kappa shape index (κ2) is 2.98. The fraction of sp³-hybridized carbons (Fsp3) is 0. The van der Waals surface area contributed by atoms with Crippen LogP contribution in [0, 0.1) is 0 Å². The Hall–Kier alpha value is -1.69. The first-order chi connectivity index (χ1) is 6.25. The summed E-state index contributed by atoms with van der Waals surface area (Å²) in [6.45, 7) is 0. The van der Waals surface area contributed by atoms with E-state index in [1.165, 1.54) is 17.4 Å². The van der Waals surface area contributed by atoms with E-state index in [9.17, 15) is 9.59 Å². The van der Waals surface area contributed by atoms with Crippen LogP contribution in [0.4, 0.5) is 4.79 Å². The third-order valence-corrected chi connectivity index (χ3v) is 2.07. The van der Waals surface area contributed by atoms with Gasteiger partial charge in [-0.2, -0.15) is 0 Å². The molecule has 1 aromatic rings. The molecule has 6 heteroatoms. The zero-order valence-corrected chi connectivity index (χ0v) is 7.22. The van der Waals surface area contributed by atoms with Gasteiger partial charge in [0, 0.05) is 5.38 Å². The second-order valence-corrected chi connectivity index (χ2v) is 3.10. The molecule has 1 aromatic heterocycles. The minimum Gasteiger partial charge on any atom is -0.303 e. The summed E-state index contributed by atoms with van der Waals surface area (Å²) >= 11 is 1.42. The maximum atomic E-state index is 11.0. The lowest BCUT2D eigenvalue weighted by atomic mass is 10.3. The topological polar surface area (TPSA) is 71.1 Å². The van der Waals surface area contributed by atoms with E-state index in [4.69, 9.17) is 0 Å². The maximum Gasteiger partial charge on any atom is 0.326 e. The molecule has 0 spiro atoms. The first-order valence-electron chi connectivity index (χ1n) is 3.48. The van der Waals surface area contributed by atoms with E-state index >= 15 is 0 Å². The summed E-state index contributed by atoms with van der Waals surface area (Å²) < 4.78 is 0. The monoisotopic (exact) mass is 195 g/mol. The van der Waals surface area contributed by atoms with Crippen molar-refractivity contribution in [2.24, 2.45) is 0 Å². The molecule has 0 radical (unpaired) electrons. The van der Waals surface area contributed by atoms with Crippen molar-refractivity contribution < 1.29 is 9.59 Å². The van der Waals surface area contributed by atoms with Gasteiger partial charge >= 0.3 is 6.03 Å². The van der Waals surface area contributed by atoms with Crippen LogP contribution in [-0.2, 0) is 4.79 Å². The Kier molecular flexibility index (Phi) is 1.82. The first kappa shape index (κ1) is 7.93. The van der Waals surface area contributed by atoms with Crippen molar-refractivity contribution in [2.75, 3.05) is 0 Å². The number of aromatic nitrogens is 1. The Morgan fingerprint density at radius 1 is 1.38 bits per heavy atom. The summed E-state index contributed by atoms with van der Waals surface area (Å²) in [6, 6.07) is -0.494. The van der Waals surface area contributed by atoms with Crippen molar-refractivity contribution >= 4 is 29.4 Å². The number of nitrogens with zero attached hydrogens (tertiary/aromatic N) is 1. The number of urea groups is 1. The third-order valence-electron chi connectivity index (χ3n) is 1.46. The number of imide groups is 1. The number of rotatable bonds is 1. The van der Waals surface area contributed by atoms with Gasteiger partial charge in [0.25, 0.3) is 5.91 Å². The van der Waals surface area contributed by atoms with Crippen LogP contribution in [0.2, 0.25) is 0 Å². The predicted octanol–water partition coefficient (Wildman–Crippen LogP) is 0.323. The van der Waals surface area contributed by atoms with Gasteiger partial charge in [0.05, 0.1) is 11.2 Å². The quantitative estimate of drug-likeness (QED) is 0.501. The molecule has 0 aliphatic carbocycles. The molecule has 0 bridgehead atoms. The first-order valence-corrected chi connectivity index (χ1v) is 4.42. The average molecular weight is 195 g/mol. The summed E-state index contributed by atoms with van der Waals surface area (Å²) in [5, 5.41) is 6.25. The molecule has 0 aromatic carbocycles. The van der Waals surface area contributed by atoms with Gasteiger partial charge in [0.15, 0.2) is 0 Å². The van der Waals surface area contributed by atoms with Gasteiger partial charge in [-0.05, 0) is 6.08 Å². The number of carbonyl (C=O) groups excluding carboxylic acids is 2. The van der Waals surface area contributed by atoms with Crippen molar-refractivity contribution in [2.45, 2.75) is 0 Å². The van der Waals surface area contributed by atoms with E-state index in [0.29, 0.717) is 5.69 Å². The summed E-state index contributed by atoms with van der Waals surface area (Å²) in [5.41, 5.74) is 2.55. The number of hydrogen-bond acceptors (Lipinski definition) is 4. The minimum absolute atomic E-state index is 0.232. The average Bonchev–Trinajstić information content (AvgIpc) is 2.63. The Balaban J connectivity index is 2.27. The molecular weight excluding hydrogens is 190 g/mol. The lowest BCUT2D eigenvalue weighted by Gasteiger charge is -1.89. The lowest BCUT2D eigenvalue weighted by Crippen LogP contribution is -2.22. The number of nitrogens with one attached hydrogen (secondary N) is 2. The second-order valence-electron chi connectivity index (χ2n) is 2.38. The number of amides is 3. The van der Waals surface area contributed by atoms with Gasteiger partial charge in [-0.25, -0.2) is 9.78 Å². The fourth-order valence-corrected chi connectivity index (χ4v) is 1.44. The molecule has 5 nitrogen and oxygen atoms in total. The molecule has 3 amide bonds. The Bertz CT molecular complexity index is 382. The van der Waals surface area contributed by atoms with E-state index in [-0.39, 0.29) is 5.70 Å². The van der Waals surface area contributed by atoms with Crippen LogP contribution in [0.25, 0.3) is 6.08 Å². The van der Waals surface area contributed by atoms with Crippen molar-refractivity contribution in [3.05, 3.63) is 22.3 Å². The molecule has 1 fully saturated rings. The summed E-state index contributed by atoms with van der Waals surface area (Å²) in [7, 11) is 0. The van der Waals surface area contributed by atoms with Gasteiger partial charge in [-0.1, -0.05) is 0 Å². The van der Waals surface area contributed by atoms with Gasteiger partial charge in [0.1, 0.15) is 5.70 Å². The largest absolute Gasteiger partial charge is 0.326 e. The zero-order valence-electron chi connectivity index (χ0n) is 6.40. The van der Waals surface area contributed by atoms with Gasteiger partial charge in [-0.15, -0.1) is 11.3 Å². The van der Waals surface area contributed by atoms with Crippen LogP contribution in [0.5, 0.6) is 0 Å². The summed E-state index contributed by atoms with van der Waals surface area (Å²) in [5.74, 6) is -0.419. The van der Waals surface area contributed by atoms with Crippen LogP contribution in [-0.4, -0.2) is 16.9 Å². The highest BCUT2D eigenvalue weighted by molar-refractivity contribution is 7.07. The molecule has 2 N–H and O–H groups in total. The molecular formula is C7H5N3O2S. The van der Waals surface area contributed by atoms with Crippen molar-refractivity contribution in [3.63, 3.8) is 0 Å². The normalized spacial score (nSPS) is 18.9. The number of thiazole rings is 1. The standard InChI is InChI=1S/C7H5N3O2S/c11-6-5(9-7(12)10-6)1-4-2-13-3-8-4/h1-3H,(H2,9,10,11,12)/b5-1+. The number of hydrogen-bond donors (Lipinski definition) is 2. The van der Waals surface area contributed by atoms with E-state index in [2.05, 4.69) is 15.6 Å². The van der Waals surface area contributed by atoms with Crippen LogP contribution in [0.3, 0.4) is 0 Å². The molecule has 2 heterocycles. The van der Waals surface area contributed by atoms with Crippen molar-refractivity contribution in [1.29, 1.82) is 0 Å². The minimum atomic E-state index is -0.494. The predicted molar refractivity (Wildman–Crippen MR) is 46.8 cm³/mol. The van der Waals surface area contributed by atoms with Crippen molar-refractivity contribution in [3.8, 4) is 0 Å². The van der Waals surface area contributed by atoms with Crippen molar-refractivity contribution in [1.82, 2.24) is 15.6 Å². The van der Waals surface area contributed by atoms with Crippen LogP contribution in [0.15, 0.2) is 16.6 Å². The van der Waals surface area contributed by atoms with E-state index in [1.807, 2.05) is 0 Å². The lowest BCUT2D eigenvalue weighted by molar-refractivity contribution is -0.115. The smallest absolute Gasteiger partial charge is 0.303 e. The molecule has 66 valence electrons. The van der Waals surface area contributed by atoms with Gasteiger partial charge in [0.2, 0.25) is 0 Å². The Morgan fingerprint density at radius 2 is 2.23 bits per heavy atom. The molecule has 1 aliphatic rings. The van der Waals surface area contributed by atoms with Gasteiger partial charge in [-0.3, -0.25) is 10.1 Å². The zero-order chi connectivity index (χ0) is 9.26. The van der Waals surface area contributed by atoms with E-state index in [0.717, 1.165) is 0 Å². The third kappa shape index (κ3) is 1.57. The molecule has 13 heavy (non-hydrogen) atoms. The molecule has 2 rings (SSSR count). The van der Waals surface area contributed by atoms with E-state index < -0.39 is 11.9 Å². The molecule has 1 saturated heterocycles. The molecule has 0 saturated carbocycles. The van der Waals surface area contributed by atoms with Gasteiger partial charge < -0.3 is 5.32 Å². The Morgan fingerprint density at radius 3 is 2.77 bits per heavy atom. The molecule has 1 aliphatic heterocycles. The van der Waals surface area contributed by atoms with Crippen LogP contribution < -0.4 is 10.6 Å². The van der Waals surface area contributed by atoms with Crippen LogP contribution >= 0.6 is 11.3 Å². The number of carbonyl (C=O) groups is 2. The van der Waals surface area contributed by atoms with E-state index in [1.54, 1.807) is 10.9 Å². The molecule has 0 atom stereocenters. The molecule has 0 unspecified atom stereocenters. The van der Waals surface area contributed by atoms with Crippen LogP contribution in [0.1, 0.15) is 5.69 Å². The summed E-state index contributed by atoms with van der Waals surface area (Å²) in [4.78, 5) is 25.7. The maximum absolute atomic E-state index is 11.0. The summed E-state index contributed by atoms with van der Waals surface area (Å²) in [6.07, 6.45) is 1.52. The highest BCUT2D eigenvalue weighted by Gasteiger charge is 2.22. The fourth-order valence-electron chi connectivity index (χ4n) is 0.923. The SMILES string of the molecule is O=C1NC(=O)/C(=C\c2cscn2)N1.